The Morgan fingerprint density at radius 2 is 1.35 bits per heavy atom. The Bertz CT molecular complexity index is 1080. The van der Waals surface area contributed by atoms with E-state index in [1.807, 2.05) is 0 Å². The minimum atomic E-state index is 0.632. The first-order valence-electron chi connectivity index (χ1n) is 18.9. The number of aryl methyl sites for hydroxylation is 1. The van der Waals surface area contributed by atoms with E-state index in [1.54, 1.807) is 11.1 Å². The number of hydrogen-bond donors (Lipinski definition) is 0. The number of unbranched alkanes of at least 4 members (excludes halogenated alkanes) is 15. The lowest BCUT2D eigenvalue weighted by Gasteiger charge is -2.20. The minimum absolute atomic E-state index is 0.632. The average Bonchev–Trinajstić information content (AvgIpc) is 3.37. The third-order valence-electron chi connectivity index (χ3n) is 10.2. The van der Waals surface area contributed by atoms with Gasteiger partial charge >= 0.3 is 0 Å². The molecular formula is C43H68. The van der Waals surface area contributed by atoms with Crippen LogP contribution in [-0.4, -0.2) is 0 Å². The Kier molecular flexibility index (Phi) is 17.4. The predicted molar refractivity (Wildman–Crippen MR) is 195 cm³/mol. The summed E-state index contributed by atoms with van der Waals surface area (Å²) in [5.41, 5.74) is 7.84. The fourth-order valence-electron chi connectivity index (χ4n) is 7.64. The molecule has 0 aliphatic heterocycles. The van der Waals surface area contributed by atoms with E-state index in [4.69, 9.17) is 0 Å². The van der Waals surface area contributed by atoms with Gasteiger partial charge in [-0.1, -0.05) is 184 Å². The highest BCUT2D eigenvalue weighted by atomic mass is 14.3. The highest BCUT2D eigenvalue weighted by Gasteiger charge is 2.27. The van der Waals surface area contributed by atoms with Gasteiger partial charge in [0.1, 0.15) is 0 Å². The molecule has 0 N–H and O–H groups in total. The Balaban J connectivity index is 1.26. The van der Waals surface area contributed by atoms with Crippen molar-refractivity contribution in [2.24, 2.45) is 5.92 Å². The van der Waals surface area contributed by atoms with Crippen LogP contribution in [0.15, 0.2) is 48.1 Å². The van der Waals surface area contributed by atoms with Gasteiger partial charge in [0.25, 0.3) is 0 Å². The topological polar surface area (TPSA) is 0 Å². The summed E-state index contributed by atoms with van der Waals surface area (Å²) in [6, 6.07) is 11.5. The maximum Gasteiger partial charge on any atom is 0.00636 e. The number of benzene rings is 2. The zero-order chi connectivity index (χ0) is 30.7. The molecule has 0 saturated heterocycles. The summed E-state index contributed by atoms with van der Waals surface area (Å²) in [6.45, 7) is 13.9. The van der Waals surface area contributed by atoms with Crippen molar-refractivity contribution in [1.82, 2.24) is 0 Å². The second-order valence-electron chi connectivity index (χ2n) is 14.3. The van der Waals surface area contributed by atoms with Gasteiger partial charge in [-0.3, -0.25) is 0 Å². The van der Waals surface area contributed by atoms with Crippen LogP contribution in [0.2, 0.25) is 0 Å². The Morgan fingerprint density at radius 3 is 2.05 bits per heavy atom. The van der Waals surface area contributed by atoms with Crippen molar-refractivity contribution in [1.29, 1.82) is 0 Å². The van der Waals surface area contributed by atoms with Crippen molar-refractivity contribution in [3.63, 3.8) is 0 Å². The molecule has 240 valence electrons. The molecule has 0 heterocycles. The number of fused-ring (bicyclic) bond motifs is 3. The van der Waals surface area contributed by atoms with Gasteiger partial charge < -0.3 is 0 Å². The maximum atomic E-state index is 4.47. The minimum Gasteiger partial charge on any atom is -0.0999 e. The van der Waals surface area contributed by atoms with Crippen LogP contribution >= 0.6 is 0 Å². The first-order valence-corrected chi connectivity index (χ1v) is 18.9. The van der Waals surface area contributed by atoms with Gasteiger partial charge in [0.05, 0.1) is 0 Å². The molecular weight excluding hydrogens is 516 g/mol. The van der Waals surface area contributed by atoms with Crippen LogP contribution < -0.4 is 0 Å². The average molecular weight is 585 g/mol. The largest absolute Gasteiger partial charge is 0.0999 e. The second-order valence-corrected chi connectivity index (χ2v) is 14.3. The molecule has 1 aliphatic rings. The summed E-state index contributed by atoms with van der Waals surface area (Å²) in [5.74, 6) is 1.45. The third-order valence-corrected chi connectivity index (χ3v) is 10.2. The molecule has 0 aromatic heterocycles. The summed E-state index contributed by atoms with van der Waals surface area (Å²) in [6.07, 6.45) is 34.3. The summed E-state index contributed by atoms with van der Waals surface area (Å²) in [5, 5.41) is 2.91. The smallest absolute Gasteiger partial charge is 0.00636 e. The van der Waals surface area contributed by atoms with Crippen molar-refractivity contribution in [2.45, 2.75) is 181 Å². The molecule has 1 aliphatic carbocycles. The van der Waals surface area contributed by atoms with Crippen LogP contribution in [-0.2, 0) is 0 Å². The first-order chi connectivity index (χ1) is 21.0. The zero-order valence-corrected chi connectivity index (χ0v) is 29.1. The van der Waals surface area contributed by atoms with Crippen LogP contribution in [0.5, 0.6) is 0 Å². The molecule has 0 heteroatoms. The number of allylic oxidation sites excluding steroid dienone is 2. The van der Waals surface area contributed by atoms with Gasteiger partial charge in [-0.15, -0.1) is 0 Å². The molecule has 0 fully saturated rings. The van der Waals surface area contributed by atoms with E-state index in [0.717, 1.165) is 5.92 Å². The van der Waals surface area contributed by atoms with Crippen LogP contribution in [0.3, 0.4) is 0 Å². The SMILES string of the molecule is C=C(CCCCCCCC1C(CCCC)=Cc2c(C)cc3ccccc3c21)CC(C)CCCCCCCCCCCCC. The molecule has 2 unspecified atom stereocenters. The lowest BCUT2D eigenvalue weighted by atomic mass is 9.84. The van der Waals surface area contributed by atoms with Gasteiger partial charge in [-0.2, -0.15) is 0 Å². The van der Waals surface area contributed by atoms with Crippen molar-refractivity contribution < 1.29 is 0 Å². The maximum absolute atomic E-state index is 4.47. The molecule has 0 nitrogen and oxygen atoms in total. The Hall–Kier alpha value is -1.82. The quantitative estimate of drug-likeness (QED) is 0.0804. The van der Waals surface area contributed by atoms with Gasteiger partial charge in [0.2, 0.25) is 0 Å². The second kappa shape index (κ2) is 21.0. The lowest BCUT2D eigenvalue weighted by molar-refractivity contribution is 0.469. The molecule has 43 heavy (non-hydrogen) atoms. The highest BCUT2D eigenvalue weighted by molar-refractivity contribution is 5.93. The van der Waals surface area contributed by atoms with E-state index in [0.29, 0.717) is 5.92 Å². The van der Waals surface area contributed by atoms with E-state index in [9.17, 15) is 0 Å². The molecule has 0 spiro atoms. The van der Waals surface area contributed by atoms with Gasteiger partial charge in [0.15, 0.2) is 0 Å². The number of rotatable bonds is 25. The number of hydrogen-bond acceptors (Lipinski definition) is 0. The van der Waals surface area contributed by atoms with Gasteiger partial charge in [0, 0.05) is 5.92 Å². The van der Waals surface area contributed by atoms with Crippen molar-refractivity contribution >= 4 is 16.8 Å². The monoisotopic (exact) mass is 585 g/mol. The van der Waals surface area contributed by atoms with Crippen molar-refractivity contribution in [3.05, 3.63) is 64.7 Å². The zero-order valence-electron chi connectivity index (χ0n) is 29.1. The standard InChI is InChI=1S/C43H68/c1-6-8-10-11-12-13-14-15-16-18-21-26-35(3)32-36(4)27-22-19-17-20-23-30-41-39(28-9-7-2)34-42-37(5)33-38-29-24-25-31-40(38)43(41)42/h24-25,29,31,33-35,41H,4,6-23,26-28,30,32H2,1-3,5H3. The fourth-order valence-corrected chi connectivity index (χ4v) is 7.64. The molecule has 0 bridgehead atoms. The normalized spacial score (nSPS) is 15.2. The molecule has 2 atom stereocenters. The van der Waals surface area contributed by atoms with Crippen LogP contribution in [0.4, 0.5) is 0 Å². The molecule has 3 rings (SSSR count). The van der Waals surface area contributed by atoms with Crippen molar-refractivity contribution in [2.75, 3.05) is 0 Å². The third kappa shape index (κ3) is 12.6. The molecule has 0 radical (unpaired) electrons. The van der Waals surface area contributed by atoms with Gasteiger partial charge in [-0.05, 0) is 78.8 Å². The summed E-state index contributed by atoms with van der Waals surface area (Å²) >= 11 is 0. The van der Waals surface area contributed by atoms with E-state index in [1.165, 1.54) is 175 Å². The van der Waals surface area contributed by atoms with Crippen molar-refractivity contribution in [3.8, 4) is 0 Å². The Labute approximate surface area is 268 Å². The summed E-state index contributed by atoms with van der Waals surface area (Å²) in [4.78, 5) is 0. The summed E-state index contributed by atoms with van der Waals surface area (Å²) in [7, 11) is 0. The lowest BCUT2D eigenvalue weighted by Crippen LogP contribution is -2.02. The fraction of sp³-hybridized carbons (Fsp3) is 0.674. The molecule has 2 aromatic carbocycles. The first kappa shape index (κ1) is 35.7. The van der Waals surface area contributed by atoms with Gasteiger partial charge in [-0.25, -0.2) is 0 Å². The van der Waals surface area contributed by atoms with Crippen LogP contribution in [0, 0.1) is 12.8 Å². The summed E-state index contributed by atoms with van der Waals surface area (Å²) < 4.78 is 0. The molecule has 0 amide bonds. The van der Waals surface area contributed by atoms with E-state index in [-0.39, 0.29) is 0 Å². The highest BCUT2D eigenvalue weighted by Crippen LogP contribution is 2.46. The van der Waals surface area contributed by atoms with E-state index < -0.39 is 0 Å². The van der Waals surface area contributed by atoms with Crippen LogP contribution in [0.25, 0.3) is 16.8 Å². The van der Waals surface area contributed by atoms with E-state index >= 15 is 0 Å². The van der Waals surface area contributed by atoms with Crippen LogP contribution in [0.1, 0.15) is 191 Å². The van der Waals surface area contributed by atoms with E-state index in [2.05, 4.69) is 70.7 Å². The molecule has 2 aromatic rings. The predicted octanol–water partition coefficient (Wildman–Crippen LogP) is 14.8. The Morgan fingerprint density at radius 1 is 0.744 bits per heavy atom. The molecule has 0 saturated carbocycles.